The first-order chi connectivity index (χ1) is 9.13. The van der Waals surface area contributed by atoms with Crippen molar-refractivity contribution in [3.05, 3.63) is 29.3 Å². The van der Waals surface area contributed by atoms with Crippen LogP contribution in [-0.4, -0.2) is 18.2 Å². The van der Waals surface area contributed by atoms with E-state index >= 15 is 0 Å². The fourth-order valence-corrected chi connectivity index (χ4v) is 2.87. The predicted octanol–water partition coefficient (Wildman–Crippen LogP) is 3.62. The van der Waals surface area contributed by atoms with Gasteiger partial charge in [0.25, 0.3) is 0 Å². The zero-order chi connectivity index (χ0) is 13.8. The molecule has 1 aromatic rings. The Morgan fingerprint density at radius 1 is 1.11 bits per heavy atom. The standard InChI is InChI=1S/C15H21F2NO/c1-18(12-6-4-2-3-5-7-12)15-13(16)8-11(10-19)9-14(15)17/h8-9,12,19H,2-7,10H2,1H3. The first-order valence-electron chi connectivity index (χ1n) is 6.95. The molecule has 0 unspecified atom stereocenters. The normalized spacial score (nSPS) is 17.3. The van der Waals surface area contributed by atoms with Crippen LogP contribution in [0.25, 0.3) is 0 Å². The van der Waals surface area contributed by atoms with E-state index in [0.717, 1.165) is 25.7 Å². The lowest BCUT2D eigenvalue weighted by Gasteiger charge is -2.30. The minimum atomic E-state index is -0.587. The van der Waals surface area contributed by atoms with Crippen LogP contribution in [0.3, 0.4) is 0 Å². The van der Waals surface area contributed by atoms with Gasteiger partial charge in [-0.05, 0) is 30.5 Å². The molecule has 0 atom stereocenters. The van der Waals surface area contributed by atoms with Crippen molar-refractivity contribution < 1.29 is 13.9 Å². The number of hydrogen-bond donors (Lipinski definition) is 1. The lowest BCUT2D eigenvalue weighted by Crippen LogP contribution is -2.32. The lowest BCUT2D eigenvalue weighted by atomic mass is 10.1. The van der Waals surface area contributed by atoms with Gasteiger partial charge in [-0.3, -0.25) is 0 Å². The molecular formula is C15H21F2NO. The van der Waals surface area contributed by atoms with E-state index < -0.39 is 11.6 Å². The molecule has 19 heavy (non-hydrogen) atoms. The van der Waals surface area contributed by atoms with Crippen LogP contribution in [0.2, 0.25) is 0 Å². The Morgan fingerprint density at radius 2 is 1.63 bits per heavy atom. The van der Waals surface area contributed by atoms with Gasteiger partial charge in [-0.25, -0.2) is 8.78 Å². The van der Waals surface area contributed by atoms with Crippen molar-refractivity contribution in [2.45, 2.75) is 51.2 Å². The maximum atomic E-state index is 14.0. The second-order valence-corrected chi connectivity index (χ2v) is 5.32. The van der Waals surface area contributed by atoms with Crippen LogP contribution in [0.4, 0.5) is 14.5 Å². The molecule has 0 bridgehead atoms. The SMILES string of the molecule is CN(c1c(F)cc(CO)cc1F)C1CCCCCC1. The minimum absolute atomic E-state index is 0.0316. The Labute approximate surface area is 113 Å². The lowest BCUT2D eigenvalue weighted by molar-refractivity contribution is 0.280. The molecule has 106 valence electrons. The zero-order valence-electron chi connectivity index (χ0n) is 11.3. The molecule has 0 heterocycles. The quantitative estimate of drug-likeness (QED) is 0.847. The van der Waals surface area contributed by atoms with Crippen molar-refractivity contribution in [3.63, 3.8) is 0 Å². The van der Waals surface area contributed by atoms with Crippen molar-refractivity contribution in [2.75, 3.05) is 11.9 Å². The van der Waals surface area contributed by atoms with E-state index in [4.69, 9.17) is 5.11 Å². The first kappa shape index (κ1) is 14.3. The van der Waals surface area contributed by atoms with Gasteiger partial charge in [0.2, 0.25) is 0 Å². The molecule has 0 saturated heterocycles. The van der Waals surface area contributed by atoms with Gasteiger partial charge in [0.15, 0.2) is 0 Å². The summed E-state index contributed by atoms with van der Waals surface area (Å²) in [4.78, 5) is 1.73. The fraction of sp³-hybridized carbons (Fsp3) is 0.600. The monoisotopic (exact) mass is 269 g/mol. The molecule has 0 amide bonds. The van der Waals surface area contributed by atoms with E-state index in [1.165, 1.54) is 25.0 Å². The molecule has 1 aliphatic carbocycles. The molecule has 0 radical (unpaired) electrons. The summed E-state index contributed by atoms with van der Waals surface area (Å²) < 4.78 is 28.0. The highest BCUT2D eigenvalue weighted by atomic mass is 19.1. The van der Waals surface area contributed by atoms with E-state index in [9.17, 15) is 8.78 Å². The third kappa shape index (κ3) is 3.24. The number of halogens is 2. The molecule has 1 saturated carbocycles. The fourth-order valence-electron chi connectivity index (χ4n) is 2.87. The maximum Gasteiger partial charge on any atom is 0.149 e. The maximum absolute atomic E-state index is 14.0. The molecular weight excluding hydrogens is 248 g/mol. The summed E-state index contributed by atoms with van der Waals surface area (Å²) in [6, 6.07) is 2.63. The number of benzene rings is 1. The van der Waals surface area contributed by atoms with Crippen LogP contribution in [0.5, 0.6) is 0 Å². The summed E-state index contributed by atoms with van der Waals surface area (Å²) in [5, 5.41) is 8.95. The molecule has 0 spiro atoms. The second kappa shape index (κ2) is 6.33. The number of aliphatic hydroxyl groups is 1. The predicted molar refractivity (Wildman–Crippen MR) is 72.2 cm³/mol. The third-order valence-electron chi connectivity index (χ3n) is 3.98. The number of nitrogens with zero attached hydrogens (tertiary/aromatic N) is 1. The number of aliphatic hydroxyl groups excluding tert-OH is 1. The largest absolute Gasteiger partial charge is 0.392 e. The molecule has 4 heteroatoms. The number of hydrogen-bond acceptors (Lipinski definition) is 2. The smallest absolute Gasteiger partial charge is 0.149 e. The highest BCUT2D eigenvalue weighted by molar-refractivity contribution is 5.51. The minimum Gasteiger partial charge on any atom is -0.392 e. The Morgan fingerprint density at radius 3 is 2.11 bits per heavy atom. The molecule has 1 aliphatic rings. The van der Waals surface area contributed by atoms with Gasteiger partial charge in [0.05, 0.1) is 6.61 Å². The van der Waals surface area contributed by atoms with E-state index in [1.54, 1.807) is 11.9 Å². The summed E-state index contributed by atoms with van der Waals surface area (Å²) in [6.45, 7) is -0.346. The van der Waals surface area contributed by atoms with Crippen LogP contribution in [0.15, 0.2) is 12.1 Å². The summed E-state index contributed by atoms with van der Waals surface area (Å²) in [6.07, 6.45) is 6.62. The second-order valence-electron chi connectivity index (χ2n) is 5.32. The van der Waals surface area contributed by atoms with Gasteiger partial charge < -0.3 is 10.0 Å². The summed E-state index contributed by atoms with van der Waals surface area (Å²) in [7, 11) is 1.76. The van der Waals surface area contributed by atoms with Crippen molar-refractivity contribution >= 4 is 5.69 Å². The van der Waals surface area contributed by atoms with Crippen molar-refractivity contribution in [2.24, 2.45) is 0 Å². The Balaban J connectivity index is 2.24. The molecule has 1 aromatic carbocycles. The van der Waals surface area contributed by atoms with Crippen LogP contribution in [0, 0.1) is 11.6 Å². The van der Waals surface area contributed by atoms with Crippen LogP contribution < -0.4 is 4.90 Å². The Hall–Kier alpha value is -1.16. The van der Waals surface area contributed by atoms with Gasteiger partial charge in [0.1, 0.15) is 17.3 Å². The third-order valence-corrected chi connectivity index (χ3v) is 3.98. The van der Waals surface area contributed by atoms with Crippen molar-refractivity contribution in [1.29, 1.82) is 0 Å². The van der Waals surface area contributed by atoms with E-state index in [0.29, 0.717) is 0 Å². The van der Waals surface area contributed by atoms with Crippen LogP contribution >= 0.6 is 0 Å². The molecule has 0 aromatic heterocycles. The van der Waals surface area contributed by atoms with Gasteiger partial charge >= 0.3 is 0 Å². The number of anilines is 1. The van der Waals surface area contributed by atoms with Crippen molar-refractivity contribution in [3.8, 4) is 0 Å². The summed E-state index contributed by atoms with van der Waals surface area (Å²) >= 11 is 0. The Kier molecular flexibility index (Phi) is 4.75. The molecule has 2 nitrogen and oxygen atoms in total. The average Bonchev–Trinajstić information content (AvgIpc) is 2.66. The summed E-state index contributed by atoms with van der Waals surface area (Å²) in [5.41, 5.74) is 0.303. The highest BCUT2D eigenvalue weighted by Gasteiger charge is 2.22. The molecule has 1 N–H and O–H groups in total. The van der Waals surface area contributed by atoms with Gasteiger partial charge in [-0.2, -0.15) is 0 Å². The van der Waals surface area contributed by atoms with Gasteiger partial charge in [0, 0.05) is 13.1 Å². The highest BCUT2D eigenvalue weighted by Crippen LogP contribution is 2.30. The van der Waals surface area contributed by atoms with E-state index in [1.807, 2.05) is 0 Å². The molecule has 1 fully saturated rings. The average molecular weight is 269 g/mol. The van der Waals surface area contributed by atoms with Crippen molar-refractivity contribution in [1.82, 2.24) is 0 Å². The van der Waals surface area contributed by atoms with E-state index in [-0.39, 0.29) is 23.9 Å². The van der Waals surface area contributed by atoms with Gasteiger partial charge in [-0.15, -0.1) is 0 Å². The molecule has 2 rings (SSSR count). The topological polar surface area (TPSA) is 23.5 Å². The summed E-state index contributed by atoms with van der Waals surface area (Å²) in [5.74, 6) is -1.17. The Bertz CT molecular complexity index is 405. The number of rotatable bonds is 3. The molecule has 0 aliphatic heterocycles. The van der Waals surface area contributed by atoms with E-state index in [2.05, 4.69) is 0 Å². The van der Waals surface area contributed by atoms with Gasteiger partial charge in [-0.1, -0.05) is 25.7 Å². The van der Waals surface area contributed by atoms with Crippen LogP contribution in [0.1, 0.15) is 44.1 Å². The first-order valence-corrected chi connectivity index (χ1v) is 6.95. The van der Waals surface area contributed by atoms with Crippen LogP contribution in [-0.2, 0) is 6.61 Å². The zero-order valence-corrected chi connectivity index (χ0v) is 11.3.